The van der Waals surface area contributed by atoms with E-state index in [9.17, 15) is 4.79 Å². The largest absolute Gasteiger partial charge is 1.00 e. The molecule has 90 valence electrons. The van der Waals surface area contributed by atoms with Gasteiger partial charge in [-0.15, -0.1) is 4.84 Å². The molecule has 16 heavy (non-hydrogen) atoms. The van der Waals surface area contributed by atoms with Crippen molar-refractivity contribution in [3.8, 4) is 0 Å². The lowest BCUT2D eigenvalue weighted by molar-refractivity contribution is -0.870. The number of aryl methyl sites for hydroxylation is 1. The fraction of sp³-hybridized carbons (Fsp3) is 0.455. The van der Waals surface area contributed by atoms with Gasteiger partial charge in [0, 0.05) is 16.9 Å². The van der Waals surface area contributed by atoms with Crippen LogP contribution in [0.5, 0.6) is 0 Å². The van der Waals surface area contributed by atoms with Crippen molar-refractivity contribution in [1.82, 2.24) is 0 Å². The van der Waals surface area contributed by atoms with Gasteiger partial charge < -0.3 is 17.1 Å². The quantitative estimate of drug-likeness (QED) is 0.481. The summed E-state index contributed by atoms with van der Waals surface area (Å²) in [5.74, 6) is 0.306. The summed E-state index contributed by atoms with van der Waals surface area (Å²) in [4.78, 5) is 16.0. The first kappa shape index (κ1) is 14.7. The second kappa shape index (κ2) is 7.06. The standard InChI is InChI=1S/C11H16NO3.ClH/c1-9(2)8-14-11(13)15-12-6-4-10(3)5-7-12;/h4-7,9H,8H2,1-3H3;1H/q+1;/p-1. The molecule has 0 spiro atoms. The second-order valence-corrected chi connectivity index (χ2v) is 3.78. The van der Waals surface area contributed by atoms with Gasteiger partial charge in [0.25, 0.3) is 0 Å². The molecule has 1 heterocycles. The Hall–Kier alpha value is -1.29. The number of nitrogens with zero attached hydrogens (tertiary/aromatic N) is 1. The van der Waals surface area contributed by atoms with Gasteiger partial charge in [-0.3, -0.25) is 0 Å². The molecule has 1 rings (SSSR count). The Morgan fingerprint density at radius 2 is 1.94 bits per heavy atom. The van der Waals surface area contributed by atoms with Crippen molar-refractivity contribution in [2.24, 2.45) is 5.92 Å². The maximum absolute atomic E-state index is 11.1. The predicted octanol–water partition coefficient (Wildman–Crippen LogP) is -1.49. The molecular formula is C11H16ClNO3. The van der Waals surface area contributed by atoms with Crippen molar-refractivity contribution in [2.45, 2.75) is 20.8 Å². The van der Waals surface area contributed by atoms with E-state index in [-0.39, 0.29) is 12.4 Å². The zero-order chi connectivity index (χ0) is 11.3. The molecule has 0 saturated heterocycles. The van der Waals surface area contributed by atoms with E-state index in [2.05, 4.69) is 0 Å². The molecule has 0 aliphatic carbocycles. The van der Waals surface area contributed by atoms with Crippen LogP contribution >= 0.6 is 0 Å². The first-order valence-electron chi connectivity index (χ1n) is 4.91. The van der Waals surface area contributed by atoms with Crippen molar-refractivity contribution in [3.63, 3.8) is 0 Å². The van der Waals surface area contributed by atoms with E-state index in [1.807, 2.05) is 32.9 Å². The number of carbonyl (C=O) groups is 1. The number of aromatic nitrogens is 1. The molecule has 0 aliphatic rings. The molecule has 0 saturated carbocycles. The Kier molecular flexibility index (Phi) is 6.49. The molecule has 0 aliphatic heterocycles. The first-order chi connectivity index (χ1) is 7.08. The topological polar surface area (TPSA) is 39.4 Å². The summed E-state index contributed by atoms with van der Waals surface area (Å²) >= 11 is 0. The molecule has 1 aromatic heterocycles. The number of ether oxygens (including phenoxy) is 1. The van der Waals surface area contributed by atoms with Crippen LogP contribution in [-0.4, -0.2) is 12.8 Å². The minimum Gasteiger partial charge on any atom is -1.00 e. The number of hydrogen-bond acceptors (Lipinski definition) is 3. The second-order valence-electron chi connectivity index (χ2n) is 3.78. The Labute approximate surface area is 102 Å². The maximum Gasteiger partial charge on any atom is 0.572 e. The molecule has 0 N–H and O–H groups in total. The van der Waals surface area contributed by atoms with E-state index < -0.39 is 6.16 Å². The third-order valence-corrected chi connectivity index (χ3v) is 1.68. The highest BCUT2D eigenvalue weighted by Gasteiger charge is 2.12. The Morgan fingerprint density at radius 3 is 2.44 bits per heavy atom. The Bertz CT molecular complexity index is 325. The van der Waals surface area contributed by atoms with Gasteiger partial charge in [0.1, 0.15) is 0 Å². The molecule has 0 radical (unpaired) electrons. The minimum absolute atomic E-state index is 0. The van der Waals surface area contributed by atoms with Gasteiger partial charge in [-0.2, -0.15) is 4.79 Å². The highest BCUT2D eigenvalue weighted by molar-refractivity contribution is 5.59. The van der Waals surface area contributed by atoms with Crippen LogP contribution in [0.25, 0.3) is 0 Å². The molecule has 0 atom stereocenters. The highest BCUT2D eigenvalue weighted by Crippen LogP contribution is 1.93. The normalized spacial score (nSPS) is 9.50. The van der Waals surface area contributed by atoms with Crippen LogP contribution in [-0.2, 0) is 4.74 Å². The fourth-order valence-electron chi connectivity index (χ4n) is 0.895. The Morgan fingerprint density at radius 1 is 1.38 bits per heavy atom. The zero-order valence-corrected chi connectivity index (χ0v) is 10.4. The summed E-state index contributed by atoms with van der Waals surface area (Å²) in [7, 11) is 0. The van der Waals surface area contributed by atoms with Gasteiger partial charge in [0.15, 0.2) is 0 Å². The third kappa shape index (κ3) is 5.56. The van der Waals surface area contributed by atoms with Gasteiger partial charge in [-0.1, -0.05) is 13.8 Å². The third-order valence-electron chi connectivity index (χ3n) is 1.68. The number of pyridine rings is 1. The van der Waals surface area contributed by atoms with Crippen LogP contribution in [0.1, 0.15) is 19.4 Å². The maximum atomic E-state index is 11.1. The van der Waals surface area contributed by atoms with Gasteiger partial charge in [0.05, 0.1) is 6.61 Å². The van der Waals surface area contributed by atoms with Crippen molar-refractivity contribution in [1.29, 1.82) is 0 Å². The van der Waals surface area contributed by atoms with E-state index in [1.165, 1.54) is 4.73 Å². The van der Waals surface area contributed by atoms with E-state index in [0.29, 0.717) is 12.5 Å². The van der Waals surface area contributed by atoms with Gasteiger partial charge in [-0.05, 0) is 18.4 Å². The van der Waals surface area contributed by atoms with Crippen LogP contribution in [0.3, 0.4) is 0 Å². The molecule has 4 nitrogen and oxygen atoms in total. The molecule has 0 unspecified atom stereocenters. The van der Waals surface area contributed by atoms with Gasteiger partial charge in [-0.25, -0.2) is 0 Å². The average Bonchev–Trinajstić information content (AvgIpc) is 2.19. The number of hydrogen-bond donors (Lipinski definition) is 0. The van der Waals surface area contributed by atoms with Crippen molar-refractivity contribution in [3.05, 3.63) is 30.1 Å². The Balaban J connectivity index is 0.00000225. The molecule has 0 amide bonds. The average molecular weight is 246 g/mol. The van der Waals surface area contributed by atoms with Crippen molar-refractivity contribution < 1.29 is 31.5 Å². The summed E-state index contributed by atoms with van der Waals surface area (Å²) in [6.07, 6.45) is 2.63. The SMILES string of the molecule is Cc1cc[n+](OC(=O)OCC(C)C)cc1.[Cl-]. The van der Waals surface area contributed by atoms with Gasteiger partial charge in [0.2, 0.25) is 12.4 Å². The van der Waals surface area contributed by atoms with E-state index in [1.54, 1.807) is 12.4 Å². The van der Waals surface area contributed by atoms with Crippen LogP contribution in [0.4, 0.5) is 4.79 Å². The summed E-state index contributed by atoms with van der Waals surface area (Å²) in [5, 5.41) is 0. The lowest BCUT2D eigenvalue weighted by Crippen LogP contribution is -3.00. The first-order valence-corrected chi connectivity index (χ1v) is 4.91. The van der Waals surface area contributed by atoms with Gasteiger partial charge >= 0.3 is 6.16 Å². The van der Waals surface area contributed by atoms with Crippen molar-refractivity contribution >= 4 is 6.16 Å². The van der Waals surface area contributed by atoms with Crippen LogP contribution in [0.15, 0.2) is 24.5 Å². The molecular weight excluding hydrogens is 230 g/mol. The smallest absolute Gasteiger partial charge is 0.572 e. The number of rotatable bonds is 3. The molecule has 5 heteroatoms. The van der Waals surface area contributed by atoms with Crippen LogP contribution in [0, 0.1) is 12.8 Å². The van der Waals surface area contributed by atoms with Crippen LogP contribution in [0.2, 0.25) is 0 Å². The van der Waals surface area contributed by atoms with E-state index in [0.717, 1.165) is 5.56 Å². The predicted molar refractivity (Wildman–Crippen MR) is 54.1 cm³/mol. The molecule has 0 aromatic carbocycles. The van der Waals surface area contributed by atoms with Crippen LogP contribution < -0.4 is 22.0 Å². The summed E-state index contributed by atoms with van der Waals surface area (Å²) in [5.41, 5.74) is 1.10. The molecule has 0 bridgehead atoms. The minimum atomic E-state index is -0.683. The molecule has 1 aromatic rings. The fourth-order valence-corrected chi connectivity index (χ4v) is 0.895. The number of halogens is 1. The number of carbonyl (C=O) groups excluding carboxylic acids is 1. The lowest BCUT2D eigenvalue weighted by atomic mass is 10.2. The summed E-state index contributed by atoms with van der Waals surface area (Å²) < 4.78 is 6.17. The van der Waals surface area contributed by atoms with E-state index in [4.69, 9.17) is 9.57 Å². The van der Waals surface area contributed by atoms with Crippen molar-refractivity contribution in [2.75, 3.05) is 6.61 Å². The molecule has 0 fully saturated rings. The summed E-state index contributed by atoms with van der Waals surface area (Å²) in [6.45, 7) is 6.26. The monoisotopic (exact) mass is 245 g/mol. The zero-order valence-electron chi connectivity index (χ0n) is 9.64. The highest BCUT2D eigenvalue weighted by atomic mass is 35.5. The van der Waals surface area contributed by atoms with E-state index >= 15 is 0 Å². The summed E-state index contributed by atoms with van der Waals surface area (Å²) in [6, 6.07) is 3.69. The lowest BCUT2D eigenvalue weighted by Gasteiger charge is -2.03.